The third kappa shape index (κ3) is 2.53. The molecule has 1 atom stereocenters. The number of rotatable bonds is 1. The van der Waals surface area contributed by atoms with E-state index in [0.717, 1.165) is 18.4 Å². The fourth-order valence-corrected chi connectivity index (χ4v) is 1.79. The highest BCUT2D eigenvalue weighted by atomic mass is 19.3. The van der Waals surface area contributed by atoms with Gasteiger partial charge in [0.2, 0.25) is 0 Å². The average molecular weight is 204 g/mol. The Bertz CT molecular complexity index is 233. The summed E-state index contributed by atoms with van der Waals surface area (Å²) in [5, 5.41) is 0. The molecule has 0 heterocycles. The molecule has 0 aromatic rings. The summed E-state index contributed by atoms with van der Waals surface area (Å²) in [6.45, 7) is 3.34. The van der Waals surface area contributed by atoms with Crippen LogP contribution < -0.4 is 0 Å². The lowest BCUT2D eigenvalue weighted by molar-refractivity contribution is 0.000103. The van der Waals surface area contributed by atoms with E-state index in [4.69, 9.17) is 4.74 Å². The molecule has 0 N–H and O–H groups in total. The minimum absolute atomic E-state index is 0.0103. The van der Waals surface area contributed by atoms with Crippen molar-refractivity contribution in [2.24, 2.45) is 0 Å². The predicted molar refractivity (Wildman–Crippen MR) is 52.6 cm³/mol. The van der Waals surface area contributed by atoms with Crippen molar-refractivity contribution in [2.45, 2.75) is 51.6 Å². The summed E-state index contributed by atoms with van der Waals surface area (Å²) in [5.41, 5.74) is 1.07. The molecule has 0 amide bonds. The Morgan fingerprint density at radius 3 is 2.50 bits per heavy atom. The molecule has 1 aliphatic carbocycles. The van der Waals surface area contributed by atoms with Crippen LogP contribution in [0.15, 0.2) is 11.1 Å². The monoisotopic (exact) mass is 204 g/mol. The second-order valence-corrected chi connectivity index (χ2v) is 4.04. The summed E-state index contributed by atoms with van der Waals surface area (Å²) < 4.78 is 32.1. The largest absolute Gasteiger partial charge is 0.381 e. The molecule has 1 aliphatic rings. The maximum absolute atomic E-state index is 13.5. The van der Waals surface area contributed by atoms with Crippen LogP contribution in [0.1, 0.15) is 39.5 Å². The zero-order valence-corrected chi connectivity index (χ0v) is 9.07. The third-order valence-electron chi connectivity index (χ3n) is 3.14. The molecule has 0 aromatic carbocycles. The van der Waals surface area contributed by atoms with E-state index in [9.17, 15) is 8.78 Å². The molecule has 0 radical (unpaired) electrons. The molecule has 14 heavy (non-hydrogen) atoms. The van der Waals surface area contributed by atoms with Gasteiger partial charge in [-0.1, -0.05) is 5.57 Å². The van der Waals surface area contributed by atoms with Crippen molar-refractivity contribution in [1.82, 2.24) is 0 Å². The number of methoxy groups -OCH3 is 1. The van der Waals surface area contributed by atoms with Crippen LogP contribution in [0.25, 0.3) is 0 Å². The van der Waals surface area contributed by atoms with Gasteiger partial charge in [-0.25, -0.2) is 8.78 Å². The summed E-state index contributed by atoms with van der Waals surface area (Å²) in [6.07, 6.45) is 1.93. The van der Waals surface area contributed by atoms with E-state index in [1.54, 1.807) is 21.0 Å². The van der Waals surface area contributed by atoms with Gasteiger partial charge in [-0.05, 0) is 38.7 Å². The van der Waals surface area contributed by atoms with Gasteiger partial charge in [-0.2, -0.15) is 0 Å². The predicted octanol–water partition coefficient (Wildman–Crippen LogP) is 3.55. The van der Waals surface area contributed by atoms with Crippen molar-refractivity contribution in [3.63, 3.8) is 0 Å². The number of allylic oxidation sites excluding steroid dienone is 2. The second kappa shape index (κ2) is 4.39. The topological polar surface area (TPSA) is 9.23 Å². The molecular formula is C11H18F2O. The zero-order chi connectivity index (χ0) is 10.8. The molecule has 0 saturated carbocycles. The van der Waals surface area contributed by atoms with Gasteiger partial charge in [0.05, 0.1) is 6.10 Å². The van der Waals surface area contributed by atoms with Crippen LogP contribution in [0.2, 0.25) is 0 Å². The van der Waals surface area contributed by atoms with Gasteiger partial charge in [0, 0.05) is 13.5 Å². The summed E-state index contributed by atoms with van der Waals surface area (Å²) in [5.74, 6) is -2.64. The molecule has 1 unspecified atom stereocenters. The highest BCUT2D eigenvalue weighted by molar-refractivity contribution is 5.18. The lowest BCUT2D eigenvalue weighted by Crippen LogP contribution is -2.25. The van der Waals surface area contributed by atoms with Crippen LogP contribution in [0.5, 0.6) is 0 Å². The van der Waals surface area contributed by atoms with Crippen molar-refractivity contribution in [2.75, 3.05) is 7.11 Å². The number of hydrogen-bond donors (Lipinski definition) is 0. The highest BCUT2D eigenvalue weighted by Crippen LogP contribution is 2.35. The van der Waals surface area contributed by atoms with E-state index in [1.165, 1.54) is 0 Å². The molecule has 0 aliphatic heterocycles. The number of halogens is 2. The van der Waals surface area contributed by atoms with E-state index in [-0.39, 0.29) is 18.1 Å². The first-order valence-electron chi connectivity index (χ1n) is 5.05. The minimum Gasteiger partial charge on any atom is -0.381 e. The van der Waals surface area contributed by atoms with Crippen LogP contribution in [0.4, 0.5) is 8.78 Å². The quantitative estimate of drug-likeness (QED) is 0.593. The lowest BCUT2D eigenvalue weighted by atomic mass is 9.91. The standard InChI is InChI=1S/C11H18F2O/c1-8-4-5-10(14-3)6-7-11(12,13)9(8)2/h10H,4-7H2,1-3H3. The van der Waals surface area contributed by atoms with Gasteiger partial charge in [0.25, 0.3) is 5.92 Å². The second-order valence-electron chi connectivity index (χ2n) is 4.04. The van der Waals surface area contributed by atoms with Crippen molar-refractivity contribution < 1.29 is 13.5 Å². The molecule has 82 valence electrons. The fraction of sp³-hybridized carbons (Fsp3) is 0.818. The number of alkyl halides is 2. The lowest BCUT2D eigenvalue weighted by Gasteiger charge is -2.26. The molecule has 3 heteroatoms. The maximum atomic E-state index is 13.5. The van der Waals surface area contributed by atoms with Gasteiger partial charge in [-0.3, -0.25) is 0 Å². The van der Waals surface area contributed by atoms with Crippen LogP contribution in [-0.2, 0) is 4.74 Å². The maximum Gasteiger partial charge on any atom is 0.269 e. The zero-order valence-electron chi connectivity index (χ0n) is 9.07. The number of ether oxygens (including phenoxy) is 1. The van der Waals surface area contributed by atoms with Crippen molar-refractivity contribution in [3.05, 3.63) is 11.1 Å². The Labute approximate surface area is 84.1 Å². The van der Waals surface area contributed by atoms with Gasteiger partial charge < -0.3 is 4.74 Å². The first-order valence-corrected chi connectivity index (χ1v) is 5.05. The Balaban J connectivity index is 2.81. The Hall–Kier alpha value is -0.440. The van der Waals surface area contributed by atoms with Gasteiger partial charge in [0.15, 0.2) is 0 Å². The van der Waals surface area contributed by atoms with Gasteiger partial charge in [0.1, 0.15) is 0 Å². The first kappa shape index (κ1) is 11.6. The van der Waals surface area contributed by atoms with Crippen LogP contribution >= 0.6 is 0 Å². The van der Waals surface area contributed by atoms with E-state index >= 15 is 0 Å². The molecule has 0 bridgehead atoms. The summed E-state index contributed by atoms with van der Waals surface area (Å²) in [6, 6.07) is 0. The van der Waals surface area contributed by atoms with Crippen LogP contribution in [0, 0.1) is 0 Å². The smallest absolute Gasteiger partial charge is 0.269 e. The van der Waals surface area contributed by atoms with Crippen LogP contribution in [-0.4, -0.2) is 19.1 Å². The molecule has 0 fully saturated rings. The van der Waals surface area contributed by atoms with Gasteiger partial charge >= 0.3 is 0 Å². The average Bonchev–Trinajstić information content (AvgIpc) is 2.15. The first-order chi connectivity index (χ1) is 6.47. The van der Waals surface area contributed by atoms with Crippen molar-refractivity contribution in [3.8, 4) is 0 Å². The molecule has 0 saturated heterocycles. The minimum atomic E-state index is -2.64. The number of hydrogen-bond acceptors (Lipinski definition) is 1. The van der Waals surface area contributed by atoms with Gasteiger partial charge in [-0.15, -0.1) is 0 Å². The molecular weight excluding hydrogens is 186 g/mol. The summed E-state index contributed by atoms with van der Waals surface area (Å²) >= 11 is 0. The summed E-state index contributed by atoms with van der Waals surface area (Å²) in [7, 11) is 1.59. The molecule has 0 aromatic heterocycles. The van der Waals surface area contributed by atoms with Crippen molar-refractivity contribution in [1.29, 1.82) is 0 Å². The van der Waals surface area contributed by atoms with Crippen LogP contribution in [0.3, 0.4) is 0 Å². The molecule has 1 nitrogen and oxygen atoms in total. The fourth-order valence-electron chi connectivity index (χ4n) is 1.79. The normalized spacial score (nSPS) is 28.5. The molecule has 1 rings (SSSR count). The third-order valence-corrected chi connectivity index (χ3v) is 3.14. The SMILES string of the molecule is COC1CCC(C)=C(C)C(F)(F)CC1. The molecule has 0 spiro atoms. The Morgan fingerprint density at radius 2 is 1.93 bits per heavy atom. The van der Waals surface area contributed by atoms with E-state index in [1.807, 2.05) is 0 Å². The highest BCUT2D eigenvalue weighted by Gasteiger charge is 2.34. The Kier molecular flexibility index (Phi) is 3.65. The Morgan fingerprint density at radius 1 is 1.29 bits per heavy atom. The van der Waals surface area contributed by atoms with E-state index < -0.39 is 5.92 Å². The van der Waals surface area contributed by atoms with Crippen molar-refractivity contribution >= 4 is 0 Å². The summed E-state index contributed by atoms with van der Waals surface area (Å²) in [4.78, 5) is 0. The van der Waals surface area contributed by atoms with E-state index in [2.05, 4.69) is 0 Å². The van der Waals surface area contributed by atoms with E-state index in [0.29, 0.717) is 6.42 Å².